The van der Waals surface area contributed by atoms with Gasteiger partial charge in [0.1, 0.15) is 5.75 Å². The average molecular weight is 312 g/mol. The number of carbonyl (C=O) groups is 1. The molecule has 1 heterocycles. The molecule has 1 aliphatic carbocycles. The van der Waals surface area contributed by atoms with E-state index in [1.54, 1.807) is 0 Å². The Bertz CT molecular complexity index is 653. The molecule has 1 aliphatic heterocycles. The highest BCUT2D eigenvalue weighted by Gasteiger charge is 2.23. The number of hydrogen-bond acceptors (Lipinski definition) is 5. The molecule has 0 bridgehead atoms. The molecule has 7 nitrogen and oxygen atoms in total. The molecule has 2 N–H and O–H groups in total. The van der Waals surface area contributed by atoms with Crippen molar-refractivity contribution in [2.75, 3.05) is 11.9 Å². The molecule has 21 heavy (non-hydrogen) atoms. The van der Waals surface area contributed by atoms with Gasteiger partial charge < -0.3 is 10.1 Å². The maximum absolute atomic E-state index is 12.2. The summed E-state index contributed by atoms with van der Waals surface area (Å²) in [6.45, 7) is -0.0673. The summed E-state index contributed by atoms with van der Waals surface area (Å²) in [5.41, 5.74) is 0.343. The molecule has 1 aromatic carbocycles. The summed E-state index contributed by atoms with van der Waals surface area (Å²) in [6.07, 6.45) is 3.75. The molecular formula is C13H16N2O5S. The summed E-state index contributed by atoms with van der Waals surface area (Å²) in [6, 6.07) is 4.28. The van der Waals surface area contributed by atoms with E-state index < -0.39 is 10.0 Å². The first-order chi connectivity index (χ1) is 10.0. The Morgan fingerprint density at radius 3 is 2.81 bits per heavy atom. The van der Waals surface area contributed by atoms with Crippen LogP contribution in [-0.2, 0) is 19.7 Å². The summed E-state index contributed by atoms with van der Waals surface area (Å²) < 4.78 is 29.5. The molecule has 114 valence electrons. The molecule has 0 spiro atoms. The number of carbonyl (C=O) groups excluding carboxylic acids is 1. The number of nitrogens with one attached hydrogen (secondary N) is 2. The maximum Gasteiger partial charge on any atom is 0.262 e. The minimum Gasteiger partial charge on any atom is -0.482 e. The molecule has 1 saturated carbocycles. The van der Waals surface area contributed by atoms with Crippen LogP contribution in [0.4, 0.5) is 5.69 Å². The average Bonchev–Trinajstić information content (AvgIpc) is 2.98. The third-order valence-corrected chi connectivity index (χ3v) is 4.71. The second-order valence-corrected chi connectivity index (χ2v) is 6.75. The monoisotopic (exact) mass is 312 g/mol. The van der Waals surface area contributed by atoms with E-state index in [2.05, 4.69) is 10.2 Å². The summed E-state index contributed by atoms with van der Waals surface area (Å²) in [5, 5.41) is 2.57. The lowest BCUT2D eigenvalue weighted by Gasteiger charge is -2.19. The van der Waals surface area contributed by atoms with Gasteiger partial charge in [0.2, 0.25) is 0 Å². The number of fused-ring (bicyclic) bond motifs is 1. The first-order valence-electron chi connectivity index (χ1n) is 6.79. The van der Waals surface area contributed by atoms with Crippen LogP contribution >= 0.6 is 0 Å². The highest BCUT2D eigenvalue weighted by molar-refractivity contribution is 7.89. The van der Waals surface area contributed by atoms with Crippen LogP contribution in [0.15, 0.2) is 23.1 Å². The number of hydrogen-bond donors (Lipinski definition) is 2. The van der Waals surface area contributed by atoms with Crippen LogP contribution in [0.25, 0.3) is 0 Å². The fourth-order valence-electron chi connectivity index (χ4n) is 2.42. The quantitative estimate of drug-likeness (QED) is 0.814. The van der Waals surface area contributed by atoms with E-state index in [4.69, 9.17) is 9.57 Å². The van der Waals surface area contributed by atoms with Crippen LogP contribution in [0.2, 0.25) is 0 Å². The fourth-order valence-corrected chi connectivity index (χ4v) is 3.29. The molecule has 0 unspecified atom stereocenters. The SMILES string of the molecule is O=C1COc2ccc(S(=O)(=O)NOC3CCCC3)cc2N1. The van der Waals surface area contributed by atoms with Crippen molar-refractivity contribution in [2.24, 2.45) is 0 Å². The second kappa shape index (κ2) is 5.63. The van der Waals surface area contributed by atoms with Gasteiger partial charge in [0, 0.05) is 0 Å². The molecule has 8 heteroatoms. The number of anilines is 1. The van der Waals surface area contributed by atoms with Gasteiger partial charge in [0.15, 0.2) is 6.61 Å². The van der Waals surface area contributed by atoms with E-state index >= 15 is 0 Å². The predicted molar refractivity (Wildman–Crippen MR) is 74.2 cm³/mol. The summed E-state index contributed by atoms with van der Waals surface area (Å²) in [4.78, 5) is 18.7. The van der Waals surface area contributed by atoms with E-state index in [9.17, 15) is 13.2 Å². The number of amides is 1. The van der Waals surface area contributed by atoms with E-state index in [-0.39, 0.29) is 23.5 Å². The summed E-state index contributed by atoms with van der Waals surface area (Å²) in [5.74, 6) is 0.137. The molecule has 2 aliphatic rings. The molecular weight excluding hydrogens is 296 g/mol. The summed E-state index contributed by atoms with van der Waals surface area (Å²) >= 11 is 0. The predicted octanol–water partition coefficient (Wildman–Crippen LogP) is 1.17. The Morgan fingerprint density at radius 2 is 2.05 bits per heavy atom. The molecule has 1 aromatic rings. The van der Waals surface area contributed by atoms with Crippen LogP contribution in [0.1, 0.15) is 25.7 Å². The lowest BCUT2D eigenvalue weighted by Crippen LogP contribution is -2.29. The normalized spacial score (nSPS) is 19.0. The summed E-state index contributed by atoms with van der Waals surface area (Å²) in [7, 11) is -3.78. The number of sulfonamides is 1. The third-order valence-electron chi connectivity index (χ3n) is 3.52. The Balaban J connectivity index is 1.75. The molecule has 1 fully saturated rings. The van der Waals surface area contributed by atoms with Gasteiger partial charge in [-0.1, -0.05) is 17.7 Å². The molecule has 1 amide bonds. The van der Waals surface area contributed by atoms with Gasteiger partial charge in [0.05, 0.1) is 16.7 Å². The van der Waals surface area contributed by atoms with Gasteiger partial charge in [-0.15, -0.1) is 0 Å². The number of benzene rings is 1. The number of rotatable bonds is 4. The highest BCUT2D eigenvalue weighted by Crippen LogP contribution is 2.30. The molecule has 3 rings (SSSR count). The first-order valence-corrected chi connectivity index (χ1v) is 8.27. The van der Waals surface area contributed by atoms with Crippen molar-refractivity contribution in [3.8, 4) is 5.75 Å². The highest BCUT2D eigenvalue weighted by atomic mass is 32.2. The molecule has 0 radical (unpaired) electrons. The van der Waals surface area contributed by atoms with Crippen molar-refractivity contribution >= 4 is 21.6 Å². The van der Waals surface area contributed by atoms with Crippen molar-refractivity contribution in [2.45, 2.75) is 36.7 Å². The molecule has 0 atom stereocenters. The largest absolute Gasteiger partial charge is 0.482 e. The fraction of sp³-hybridized carbons (Fsp3) is 0.462. The van der Waals surface area contributed by atoms with Gasteiger partial charge >= 0.3 is 0 Å². The van der Waals surface area contributed by atoms with Crippen LogP contribution in [-0.4, -0.2) is 27.0 Å². The maximum atomic E-state index is 12.2. The lowest BCUT2D eigenvalue weighted by atomic mass is 10.2. The van der Waals surface area contributed by atoms with Gasteiger partial charge in [-0.2, -0.15) is 0 Å². The van der Waals surface area contributed by atoms with Gasteiger partial charge in [-0.3, -0.25) is 9.63 Å². The Labute approximate surface area is 122 Å². The lowest BCUT2D eigenvalue weighted by molar-refractivity contribution is -0.118. The van der Waals surface area contributed by atoms with E-state index in [1.165, 1.54) is 18.2 Å². The van der Waals surface area contributed by atoms with Crippen LogP contribution < -0.4 is 14.9 Å². The minimum atomic E-state index is -3.78. The van der Waals surface area contributed by atoms with Gasteiger partial charge in [0.25, 0.3) is 15.9 Å². The Hall–Kier alpha value is -1.64. The zero-order valence-electron chi connectivity index (χ0n) is 11.3. The number of ether oxygens (including phenoxy) is 1. The zero-order chi connectivity index (χ0) is 14.9. The van der Waals surface area contributed by atoms with Crippen molar-refractivity contribution < 1.29 is 22.8 Å². The Morgan fingerprint density at radius 1 is 1.29 bits per heavy atom. The van der Waals surface area contributed by atoms with Crippen molar-refractivity contribution in [1.29, 1.82) is 0 Å². The van der Waals surface area contributed by atoms with Crippen LogP contribution in [0, 0.1) is 0 Å². The van der Waals surface area contributed by atoms with Gasteiger partial charge in [-0.05, 0) is 31.0 Å². The topological polar surface area (TPSA) is 93.7 Å². The Kier molecular flexibility index (Phi) is 3.83. The smallest absolute Gasteiger partial charge is 0.262 e. The third kappa shape index (κ3) is 3.17. The van der Waals surface area contributed by atoms with Crippen molar-refractivity contribution in [1.82, 2.24) is 4.89 Å². The standard InChI is InChI=1S/C13H16N2O5S/c16-13-8-19-12-6-5-10(7-11(12)14-13)21(17,18)15-20-9-3-1-2-4-9/h5-7,9,15H,1-4,8H2,(H,14,16). The van der Waals surface area contributed by atoms with Gasteiger partial charge in [-0.25, -0.2) is 8.42 Å². The van der Waals surface area contributed by atoms with Crippen LogP contribution in [0.5, 0.6) is 5.75 Å². The van der Waals surface area contributed by atoms with Crippen molar-refractivity contribution in [3.05, 3.63) is 18.2 Å². The van der Waals surface area contributed by atoms with E-state index in [1.807, 2.05) is 0 Å². The van der Waals surface area contributed by atoms with E-state index in [0.29, 0.717) is 11.4 Å². The molecule has 0 aromatic heterocycles. The second-order valence-electron chi connectivity index (χ2n) is 5.11. The zero-order valence-corrected chi connectivity index (χ0v) is 12.1. The van der Waals surface area contributed by atoms with Crippen LogP contribution in [0.3, 0.4) is 0 Å². The van der Waals surface area contributed by atoms with E-state index in [0.717, 1.165) is 25.7 Å². The van der Waals surface area contributed by atoms with Crippen molar-refractivity contribution in [3.63, 3.8) is 0 Å². The molecule has 0 saturated heterocycles. The minimum absolute atomic E-state index is 0.0186. The first kappa shape index (κ1) is 14.3.